The molecule has 0 radical (unpaired) electrons. The predicted molar refractivity (Wildman–Crippen MR) is 153 cm³/mol. The van der Waals surface area contributed by atoms with Crippen molar-refractivity contribution in [3.8, 4) is 0 Å². The third-order valence-corrected chi connectivity index (χ3v) is 8.72. The number of esters is 2. The van der Waals surface area contributed by atoms with Gasteiger partial charge < -0.3 is 24.3 Å². The van der Waals surface area contributed by atoms with E-state index in [1.807, 2.05) is 20.9 Å². The fraction of sp³-hybridized carbons (Fsp3) is 0.781. The molecule has 40 heavy (non-hydrogen) atoms. The molecule has 0 saturated carbocycles. The van der Waals surface area contributed by atoms with E-state index in [9.17, 15) is 14.4 Å². The third-order valence-electron chi connectivity index (χ3n) is 8.72. The Hall–Kier alpha value is -2.35. The summed E-state index contributed by atoms with van der Waals surface area (Å²) >= 11 is 0. The van der Waals surface area contributed by atoms with E-state index >= 15 is 0 Å². The van der Waals surface area contributed by atoms with Crippen LogP contribution in [0.2, 0.25) is 0 Å². The maximum Gasteiger partial charge on any atom is 0.508 e. The Bertz CT molecular complexity index is 900. The van der Waals surface area contributed by atoms with Crippen molar-refractivity contribution < 1.29 is 33.3 Å². The van der Waals surface area contributed by atoms with Gasteiger partial charge in [-0.25, -0.2) is 4.79 Å². The molecule has 8 unspecified atom stereocenters. The lowest BCUT2D eigenvalue weighted by Crippen LogP contribution is -2.42. The third kappa shape index (κ3) is 9.64. The molecule has 3 rings (SSSR count). The first kappa shape index (κ1) is 32.2. The fourth-order valence-electron chi connectivity index (χ4n) is 6.23. The van der Waals surface area contributed by atoms with E-state index in [-0.39, 0.29) is 48.3 Å². The molecule has 0 aromatic carbocycles. The van der Waals surface area contributed by atoms with Crippen molar-refractivity contribution in [2.75, 3.05) is 20.2 Å². The van der Waals surface area contributed by atoms with E-state index in [1.165, 1.54) is 5.57 Å². The molecule has 1 fully saturated rings. The van der Waals surface area contributed by atoms with Gasteiger partial charge in [0.25, 0.3) is 0 Å². The molecule has 0 bridgehead atoms. The average molecular weight is 562 g/mol. The van der Waals surface area contributed by atoms with Crippen LogP contribution in [0.4, 0.5) is 4.79 Å². The Labute approximate surface area is 240 Å². The van der Waals surface area contributed by atoms with E-state index in [2.05, 4.69) is 37.4 Å². The van der Waals surface area contributed by atoms with Crippen LogP contribution in [-0.4, -0.2) is 56.6 Å². The lowest BCUT2D eigenvalue weighted by atomic mass is 9.65. The smallest absolute Gasteiger partial charge is 0.462 e. The standard InChI is InChI=1S/C32H51NO7/c1-6-22(3)31(35)40-28-18-21(2)17-24-12-11-23(4)27(30(24)28)14-13-25-19-26(20-29(34)38-25)39-32(36)37-16-10-8-7-9-15-33-5/h11-12,17,21-23,25-28,30,33H,6-10,13-16,18-20H2,1-5H3. The topological polar surface area (TPSA) is 100 Å². The molecule has 8 atom stereocenters. The molecule has 0 spiro atoms. The lowest BCUT2D eigenvalue weighted by Gasteiger charge is -2.43. The average Bonchev–Trinajstić information content (AvgIpc) is 2.91. The number of cyclic esters (lactones) is 1. The zero-order chi connectivity index (χ0) is 29.1. The van der Waals surface area contributed by atoms with Crippen molar-refractivity contribution in [2.24, 2.45) is 29.6 Å². The zero-order valence-corrected chi connectivity index (χ0v) is 25.2. The van der Waals surface area contributed by atoms with E-state index in [4.69, 9.17) is 18.9 Å². The Morgan fingerprint density at radius 2 is 1.88 bits per heavy atom. The molecular weight excluding hydrogens is 510 g/mol. The molecule has 8 heteroatoms. The first-order chi connectivity index (χ1) is 19.2. The van der Waals surface area contributed by atoms with Crippen LogP contribution in [0.3, 0.4) is 0 Å². The van der Waals surface area contributed by atoms with Gasteiger partial charge >= 0.3 is 18.1 Å². The minimum Gasteiger partial charge on any atom is -0.462 e. The van der Waals surface area contributed by atoms with Gasteiger partial charge in [0.1, 0.15) is 18.3 Å². The maximum absolute atomic E-state index is 12.7. The predicted octanol–water partition coefficient (Wildman–Crippen LogP) is 6.14. The summed E-state index contributed by atoms with van der Waals surface area (Å²) < 4.78 is 22.5. The van der Waals surface area contributed by atoms with Crippen LogP contribution in [0.15, 0.2) is 23.8 Å². The summed E-state index contributed by atoms with van der Waals surface area (Å²) in [6.07, 6.45) is 12.6. The van der Waals surface area contributed by atoms with Crippen LogP contribution in [-0.2, 0) is 28.5 Å². The Kier molecular flexibility index (Phi) is 13.0. The van der Waals surface area contributed by atoms with Crippen molar-refractivity contribution >= 4 is 18.1 Å². The van der Waals surface area contributed by atoms with Gasteiger partial charge in [0.2, 0.25) is 0 Å². The summed E-state index contributed by atoms with van der Waals surface area (Å²) in [5.74, 6) is 0.454. The van der Waals surface area contributed by atoms with Gasteiger partial charge in [-0.1, -0.05) is 58.8 Å². The van der Waals surface area contributed by atoms with E-state index in [1.54, 1.807) is 0 Å². The molecule has 226 valence electrons. The molecule has 3 aliphatic rings. The Morgan fingerprint density at radius 1 is 1.10 bits per heavy atom. The van der Waals surface area contributed by atoms with Gasteiger partial charge in [0.15, 0.2) is 0 Å². The molecule has 1 saturated heterocycles. The van der Waals surface area contributed by atoms with Gasteiger partial charge in [-0.15, -0.1) is 0 Å². The van der Waals surface area contributed by atoms with Crippen LogP contribution in [0, 0.1) is 29.6 Å². The number of carbonyl (C=O) groups excluding carboxylic acids is 3. The van der Waals surface area contributed by atoms with Crippen LogP contribution >= 0.6 is 0 Å². The summed E-state index contributed by atoms with van der Waals surface area (Å²) in [6, 6.07) is 0. The summed E-state index contributed by atoms with van der Waals surface area (Å²) in [4.78, 5) is 37.3. The highest BCUT2D eigenvalue weighted by Crippen LogP contribution is 2.45. The van der Waals surface area contributed by atoms with E-state index in [0.29, 0.717) is 31.3 Å². The first-order valence-electron chi connectivity index (χ1n) is 15.5. The molecule has 0 amide bonds. The van der Waals surface area contributed by atoms with Gasteiger partial charge in [0, 0.05) is 12.3 Å². The largest absolute Gasteiger partial charge is 0.508 e. The SMILES string of the molecule is CCC(C)C(=O)OC1CC(C)C=C2C=CC(C)C(CCC3CC(OC(=O)OCCCCCCNC)CC(=O)O3)C21. The summed E-state index contributed by atoms with van der Waals surface area (Å²) in [5.41, 5.74) is 1.25. The maximum atomic E-state index is 12.7. The second-order valence-electron chi connectivity index (χ2n) is 12.1. The normalized spacial score (nSPS) is 30.5. The second-order valence-corrected chi connectivity index (χ2v) is 12.1. The highest BCUT2D eigenvalue weighted by Gasteiger charge is 2.42. The number of carbonyl (C=O) groups is 3. The van der Waals surface area contributed by atoms with Gasteiger partial charge in [-0.05, 0) is 75.4 Å². The number of unbranched alkanes of at least 4 members (excludes halogenated alkanes) is 3. The number of allylic oxidation sites excluding steroid dienone is 3. The number of hydrogen-bond acceptors (Lipinski definition) is 8. The van der Waals surface area contributed by atoms with Crippen LogP contribution in [0.25, 0.3) is 0 Å². The van der Waals surface area contributed by atoms with E-state index in [0.717, 1.165) is 51.5 Å². The lowest BCUT2D eigenvalue weighted by molar-refractivity contribution is -0.163. The van der Waals surface area contributed by atoms with E-state index < -0.39 is 12.3 Å². The Balaban J connectivity index is 1.53. The fourth-order valence-corrected chi connectivity index (χ4v) is 6.23. The molecule has 1 N–H and O–H groups in total. The minimum atomic E-state index is -0.711. The first-order valence-corrected chi connectivity index (χ1v) is 15.5. The highest BCUT2D eigenvalue weighted by molar-refractivity contribution is 5.72. The summed E-state index contributed by atoms with van der Waals surface area (Å²) in [5, 5.41) is 3.12. The van der Waals surface area contributed by atoms with Gasteiger partial charge in [-0.3, -0.25) is 9.59 Å². The molecule has 0 aromatic rings. The quantitative estimate of drug-likeness (QED) is 0.153. The number of nitrogens with one attached hydrogen (secondary N) is 1. The van der Waals surface area contributed by atoms with Crippen molar-refractivity contribution in [1.82, 2.24) is 5.32 Å². The highest BCUT2D eigenvalue weighted by atomic mass is 16.7. The van der Waals surface area contributed by atoms with Crippen molar-refractivity contribution in [3.63, 3.8) is 0 Å². The summed E-state index contributed by atoms with van der Waals surface area (Å²) in [6.45, 7) is 9.62. The van der Waals surface area contributed by atoms with Gasteiger partial charge in [-0.2, -0.15) is 0 Å². The van der Waals surface area contributed by atoms with Crippen LogP contribution in [0.5, 0.6) is 0 Å². The van der Waals surface area contributed by atoms with Crippen molar-refractivity contribution in [3.05, 3.63) is 23.8 Å². The Morgan fingerprint density at radius 3 is 2.62 bits per heavy atom. The minimum absolute atomic E-state index is 0.0548. The summed E-state index contributed by atoms with van der Waals surface area (Å²) in [7, 11) is 1.94. The van der Waals surface area contributed by atoms with Crippen LogP contribution < -0.4 is 5.32 Å². The molecular formula is C32H51NO7. The van der Waals surface area contributed by atoms with Crippen molar-refractivity contribution in [2.45, 2.75) is 110 Å². The molecule has 1 aliphatic heterocycles. The molecule has 2 aliphatic carbocycles. The number of ether oxygens (including phenoxy) is 4. The molecule has 1 heterocycles. The second kappa shape index (κ2) is 16.2. The number of fused-ring (bicyclic) bond motifs is 1. The molecule has 8 nitrogen and oxygen atoms in total. The zero-order valence-electron chi connectivity index (χ0n) is 25.2. The monoisotopic (exact) mass is 561 g/mol. The number of rotatable bonds is 14. The van der Waals surface area contributed by atoms with Gasteiger partial charge in [0.05, 0.1) is 18.9 Å². The van der Waals surface area contributed by atoms with Crippen molar-refractivity contribution in [1.29, 1.82) is 0 Å². The van der Waals surface area contributed by atoms with Crippen LogP contribution in [0.1, 0.15) is 91.9 Å². The number of hydrogen-bond donors (Lipinski definition) is 1. The molecule has 0 aromatic heterocycles.